The first kappa shape index (κ1) is 16.6. The van der Waals surface area contributed by atoms with E-state index in [0.717, 1.165) is 35.1 Å². The monoisotopic (exact) mass is 353 g/mol. The Bertz CT molecular complexity index is 945. The number of benzene rings is 2. The second-order valence-corrected chi connectivity index (χ2v) is 6.68. The van der Waals surface area contributed by atoms with Crippen LogP contribution in [0.3, 0.4) is 0 Å². The average Bonchev–Trinajstić information content (AvgIpc) is 3.41. The highest BCUT2D eigenvalue weighted by Gasteiger charge is 2.32. The van der Waals surface area contributed by atoms with Gasteiger partial charge >= 0.3 is 0 Å². The molecule has 1 aliphatic rings. The van der Waals surface area contributed by atoms with Gasteiger partial charge < -0.3 is 14.1 Å². The first-order valence-electron chi connectivity index (χ1n) is 8.72. The molecule has 0 saturated heterocycles. The van der Waals surface area contributed by atoms with Crippen LogP contribution in [0.15, 0.2) is 53.1 Å². The van der Waals surface area contributed by atoms with Crippen molar-refractivity contribution >= 4 is 16.9 Å². The molecule has 0 atom stereocenters. The lowest BCUT2D eigenvalue weighted by atomic mass is 10.1. The summed E-state index contributed by atoms with van der Waals surface area (Å²) in [6.07, 6.45) is 3.91. The molecule has 0 aliphatic heterocycles. The molecule has 1 aliphatic carbocycles. The summed E-state index contributed by atoms with van der Waals surface area (Å²) in [4.78, 5) is 14.8. The van der Waals surface area contributed by atoms with Crippen LogP contribution in [0, 0.1) is 5.82 Å². The number of furan rings is 1. The molecule has 2 aromatic carbocycles. The lowest BCUT2D eigenvalue weighted by molar-refractivity contribution is -0.131. The van der Waals surface area contributed by atoms with Crippen LogP contribution < -0.4 is 4.74 Å². The molecule has 4 rings (SSSR count). The summed E-state index contributed by atoms with van der Waals surface area (Å²) in [6.45, 7) is 0.435. The Morgan fingerprint density at radius 2 is 2.12 bits per heavy atom. The van der Waals surface area contributed by atoms with Gasteiger partial charge in [-0.15, -0.1) is 0 Å². The number of carbonyl (C=O) groups is 1. The molecule has 26 heavy (non-hydrogen) atoms. The lowest BCUT2D eigenvalue weighted by Gasteiger charge is -2.22. The Morgan fingerprint density at radius 3 is 2.85 bits per heavy atom. The van der Waals surface area contributed by atoms with E-state index in [1.807, 2.05) is 29.2 Å². The molecule has 0 N–H and O–H groups in total. The van der Waals surface area contributed by atoms with Gasteiger partial charge in [0.2, 0.25) is 5.91 Å². The SMILES string of the molecule is COc1ccc2c(CC(=O)N(Cc3cccc(F)c3)C3CC3)coc2c1. The minimum Gasteiger partial charge on any atom is -0.497 e. The molecule has 3 aromatic rings. The normalized spacial score (nSPS) is 13.8. The maximum absolute atomic E-state index is 13.5. The van der Waals surface area contributed by atoms with E-state index in [0.29, 0.717) is 12.1 Å². The third-order valence-electron chi connectivity index (χ3n) is 4.75. The molecule has 134 valence electrons. The van der Waals surface area contributed by atoms with E-state index >= 15 is 0 Å². The fourth-order valence-corrected chi connectivity index (χ4v) is 3.23. The van der Waals surface area contributed by atoms with Crippen molar-refractivity contribution in [2.75, 3.05) is 7.11 Å². The smallest absolute Gasteiger partial charge is 0.227 e. The Kier molecular flexibility index (Phi) is 4.37. The van der Waals surface area contributed by atoms with Gasteiger partial charge in [-0.05, 0) is 42.7 Å². The second-order valence-electron chi connectivity index (χ2n) is 6.68. The van der Waals surface area contributed by atoms with Gasteiger partial charge in [-0.3, -0.25) is 4.79 Å². The topological polar surface area (TPSA) is 42.7 Å². The number of nitrogens with zero attached hydrogens (tertiary/aromatic N) is 1. The highest BCUT2D eigenvalue weighted by molar-refractivity contribution is 5.88. The molecule has 4 nitrogen and oxygen atoms in total. The third-order valence-corrected chi connectivity index (χ3v) is 4.75. The van der Waals surface area contributed by atoms with Crippen LogP contribution in [0.2, 0.25) is 0 Å². The summed E-state index contributed by atoms with van der Waals surface area (Å²) >= 11 is 0. The maximum Gasteiger partial charge on any atom is 0.227 e. The van der Waals surface area contributed by atoms with E-state index in [2.05, 4.69) is 0 Å². The van der Waals surface area contributed by atoms with Crippen LogP contribution in [-0.4, -0.2) is 24.0 Å². The van der Waals surface area contributed by atoms with Gasteiger partial charge in [-0.2, -0.15) is 0 Å². The Hall–Kier alpha value is -2.82. The molecule has 0 unspecified atom stereocenters. The Labute approximate surface area is 151 Å². The van der Waals surface area contributed by atoms with Crippen molar-refractivity contribution < 1.29 is 18.3 Å². The molecule has 0 bridgehead atoms. The van der Waals surface area contributed by atoms with E-state index in [1.54, 1.807) is 19.4 Å². The first-order chi connectivity index (χ1) is 12.6. The fourth-order valence-electron chi connectivity index (χ4n) is 3.23. The molecule has 1 saturated carbocycles. The molecule has 1 fully saturated rings. The molecule has 0 radical (unpaired) electrons. The van der Waals surface area contributed by atoms with Crippen LogP contribution in [0.5, 0.6) is 5.75 Å². The first-order valence-corrected chi connectivity index (χ1v) is 8.72. The lowest BCUT2D eigenvalue weighted by Crippen LogP contribution is -2.33. The van der Waals surface area contributed by atoms with Gasteiger partial charge in [0, 0.05) is 29.6 Å². The molecular weight excluding hydrogens is 333 g/mol. The van der Waals surface area contributed by atoms with Crippen molar-refractivity contribution in [1.29, 1.82) is 0 Å². The summed E-state index contributed by atoms with van der Waals surface area (Å²) in [5.41, 5.74) is 2.37. The second kappa shape index (κ2) is 6.83. The van der Waals surface area contributed by atoms with Crippen molar-refractivity contribution in [3.8, 4) is 5.75 Å². The van der Waals surface area contributed by atoms with Crippen LogP contribution in [-0.2, 0) is 17.8 Å². The Morgan fingerprint density at radius 1 is 1.27 bits per heavy atom. The number of methoxy groups -OCH3 is 1. The Balaban J connectivity index is 1.53. The molecule has 5 heteroatoms. The van der Waals surface area contributed by atoms with Gasteiger partial charge in [0.25, 0.3) is 0 Å². The van der Waals surface area contributed by atoms with Crippen LogP contribution in [0.1, 0.15) is 24.0 Å². The quantitative estimate of drug-likeness (QED) is 0.663. The highest BCUT2D eigenvalue weighted by Crippen LogP contribution is 2.31. The number of carbonyl (C=O) groups excluding carboxylic acids is 1. The van der Waals surface area contributed by atoms with Crippen molar-refractivity contribution in [3.05, 3.63) is 65.7 Å². The standard InChI is InChI=1S/C21H20FNO3/c1-25-18-7-8-19-15(13-26-20(19)11-18)10-21(24)23(17-5-6-17)12-14-3-2-4-16(22)9-14/h2-4,7-9,11,13,17H,5-6,10,12H2,1H3. The third kappa shape index (κ3) is 3.43. The largest absolute Gasteiger partial charge is 0.497 e. The van der Waals surface area contributed by atoms with Gasteiger partial charge in [-0.1, -0.05) is 12.1 Å². The van der Waals surface area contributed by atoms with Crippen LogP contribution in [0.4, 0.5) is 4.39 Å². The molecule has 1 amide bonds. The predicted octanol–water partition coefficient (Wildman–Crippen LogP) is 4.31. The van der Waals surface area contributed by atoms with E-state index in [4.69, 9.17) is 9.15 Å². The number of amides is 1. The minimum atomic E-state index is -0.277. The van der Waals surface area contributed by atoms with Crippen molar-refractivity contribution in [2.45, 2.75) is 31.8 Å². The van der Waals surface area contributed by atoms with E-state index in [-0.39, 0.29) is 24.2 Å². The summed E-state index contributed by atoms with van der Waals surface area (Å²) in [5.74, 6) is 0.478. The van der Waals surface area contributed by atoms with Gasteiger partial charge in [0.15, 0.2) is 0 Å². The van der Waals surface area contributed by atoms with Crippen molar-refractivity contribution in [3.63, 3.8) is 0 Å². The zero-order valence-electron chi connectivity index (χ0n) is 14.6. The zero-order valence-corrected chi connectivity index (χ0v) is 14.6. The van der Waals surface area contributed by atoms with E-state index in [1.165, 1.54) is 12.1 Å². The number of fused-ring (bicyclic) bond motifs is 1. The van der Waals surface area contributed by atoms with Gasteiger partial charge in [0.1, 0.15) is 17.1 Å². The van der Waals surface area contributed by atoms with Gasteiger partial charge in [-0.25, -0.2) is 4.39 Å². The number of ether oxygens (including phenoxy) is 1. The molecule has 0 spiro atoms. The average molecular weight is 353 g/mol. The molecule has 1 heterocycles. The predicted molar refractivity (Wildman–Crippen MR) is 96.4 cm³/mol. The zero-order chi connectivity index (χ0) is 18.1. The molecular formula is C21H20FNO3. The summed E-state index contributed by atoms with van der Waals surface area (Å²) in [5, 5.41) is 0.917. The number of rotatable bonds is 6. The van der Waals surface area contributed by atoms with E-state index < -0.39 is 0 Å². The number of hydrogen-bond donors (Lipinski definition) is 0. The van der Waals surface area contributed by atoms with Gasteiger partial charge in [0.05, 0.1) is 19.8 Å². The van der Waals surface area contributed by atoms with Crippen LogP contribution in [0.25, 0.3) is 11.0 Å². The highest BCUT2D eigenvalue weighted by atomic mass is 19.1. The van der Waals surface area contributed by atoms with Crippen molar-refractivity contribution in [1.82, 2.24) is 4.90 Å². The maximum atomic E-state index is 13.5. The minimum absolute atomic E-state index is 0.0373. The summed E-state index contributed by atoms with van der Waals surface area (Å²) < 4.78 is 24.2. The number of hydrogen-bond acceptors (Lipinski definition) is 3. The van der Waals surface area contributed by atoms with E-state index in [9.17, 15) is 9.18 Å². The fraction of sp³-hybridized carbons (Fsp3) is 0.286. The van der Waals surface area contributed by atoms with Crippen molar-refractivity contribution in [2.24, 2.45) is 0 Å². The summed E-state index contributed by atoms with van der Waals surface area (Å²) in [7, 11) is 1.61. The molecule has 1 aromatic heterocycles. The summed E-state index contributed by atoms with van der Waals surface area (Å²) in [6, 6.07) is 12.3. The number of halogens is 1. The van der Waals surface area contributed by atoms with Crippen LogP contribution >= 0.6 is 0 Å².